The van der Waals surface area contributed by atoms with Crippen molar-refractivity contribution in [1.82, 2.24) is 4.48 Å². The van der Waals surface area contributed by atoms with E-state index in [9.17, 15) is 10.1 Å². The Kier molecular flexibility index (Phi) is 3.15. The molecule has 4 nitrogen and oxygen atoms in total. The number of carbonyl (C=O) groups excluding carboxylic acids is 1. The van der Waals surface area contributed by atoms with Crippen molar-refractivity contribution in [3.63, 3.8) is 0 Å². The minimum atomic E-state index is -0.310. The molecule has 0 bridgehead atoms. The maximum Gasteiger partial charge on any atom is 0.419 e. The van der Waals surface area contributed by atoms with E-state index in [0.717, 1.165) is 35.8 Å². The number of nitriles is 1. The van der Waals surface area contributed by atoms with Crippen molar-refractivity contribution >= 4 is 22.5 Å². The van der Waals surface area contributed by atoms with Gasteiger partial charge in [-0.1, -0.05) is 18.2 Å². The highest BCUT2D eigenvalue weighted by Crippen LogP contribution is 2.39. The average Bonchev–Trinajstić information content (AvgIpc) is 2.88. The van der Waals surface area contributed by atoms with Gasteiger partial charge < -0.3 is 5.73 Å². The van der Waals surface area contributed by atoms with Crippen molar-refractivity contribution in [3.8, 4) is 6.07 Å². The van der Waals surface area contributed by atoms with Gasteiger partial charge in [0.25, 0.3) is 0 Å². The SMILES string of the molecule is C[C@@H]1CCC[N+]1(C(N)=O)c1ccc(C#N)c2ccccc12. The fourth-order valence-electron chi connectivity index (χ4n) is 3.61. The molecule has 3 rings (SSSR count). The first-order valence-electron chi connectivity index (χ1n) is 7.21. The quantitative estimate of drug-likeness (QED) is 0.814. The molecule has 0 aliphatic carbocycles. The monoisotopic (exact) mass is 280 g/mol. The Labute approximate surface area is 124 Å². The van der Waals surface area contributed by atoms with Crippen LogP contribution in [-0.2, 0) is 0 Å². The number of benzene rings is 2. The van der Waals surface area contributed by atoms with E-state index in [1.54, 1.807) is 6.07 Å². The first-order valence-corrected chi connectivity index (χ1v) is 7.21. The molecule has 1 fully saturated rings. The molecule has 0 spiro atoms. The third-order valence-corrected chi connectivity index (χ3v) is 4.73. The zero-order valence-electron chi connectivity index (χ0n) is 12.0. The number of quaternary nitrogens is 1. The van der Waals surface area contributed by atoms with Gasteiger partial charge in [0.1, 0.15) is 5.69 Å². The molecule has 1 aliphatic rings. The Hall–Kier alpha value is -2.38. The fraction of sp³-hybridized carbons (Fsp3) is 0.294. The summed E-state index contributed by atoms with van der Waals surface area (Å²) in [4.78, 5) is 12.3. The second kappa shape index (κ2) is 4.87. The van der Waals surface area contributed by atoms with E-state index in [-0.39, 0.29) is 16.6 Å². The Balaban J connectivity index is 2.35. The van der Waals surface area contributed by atoms with Crippen LogP contribution in [0.25, 0.3) is 10.8 Å². The van der Waals surface area contributed by atoms with Gasteiger partial charge in [0.15, 0.2) is 0 Å². The highest BCUT2D eigenvalue weighted by atomic mass is 16.2. The summed E-state index contributed by atoms with van der Waals surface area (Å²) in [7, 11) is 0. The molecule has 2 aromatic rings. The van der Waals surface area contributed by atoms with E-state index < -0.39 is 0 Å². The van der Waals surface area contributed by atoms with Crippen molar-refractivity contribution < 1.29 is 4.79 Å². The zero-order chi connectivity index (χ0) is 15.0. The minimum Gasteiger partial charge on any atom is -0.319 e. The first-order chi connectivity index (χ1) is 10.1. The molecule has 4 heteroatoms. The maximum absolute atomic E-state index is 12.3. The van der Waals surface area contributed by atoms with Gasteiger partial charge in [0.05, 0.1) is 24.2 Å². The van der Waals surface area contributed by atoms with Crippen molar-refractivity contribution in [2.45, 2.75) is 25.8 Å². The van der Waals surface area contributed by atoms with Crippen LogP contribution in [0, 0.1) is 11.3 Å². The smallest absolute Gasteiger partial charge is 0.319 e. The van der Waals surface area contributed by atoms with Gasteiger partial charge in [0.2, 0.25) is 0 Å². The summed E-state index contributed by atoms with van der Waals surface area (Å²) in [5.41, 5.74) is 7.33. The van der Waals surface area contributed by atoms with Gasteiger partial charge in [0, 0.05) is 29.7 Å². The molecule has 0 radical (unpaired) electrons. The summed E-state index contributed by atoms with van der Waals surface area (Å²) in [6.45, 7) is 2.80. The van der Waals surface area contributed by atoms with Gasteiger partial charge in [-0.3, -0.25) is 0 Å². The first kappa shape index (κ1) is 13.6. The molecule has 2 N–H and O–H groups in total. The second-order valence-electron chi connectivity index (χ2n) is 5.71. The highest BCUT2D eigenvalue weighted by molar-refractivity contribution is 6.02. The molecule has 106 valence electrons. The molecule has 2 amide bonds. The number of likely N-dealkylation sites (tertiary alicyclic amines) is 1. The summed E-state index contributed by atoms with van der Waals surface area (Å²) in [6.07, 6.45) is 1.97. The number of carbonyl (C=O) groups is 1. The molecule has 21 heavy (non-hydrogen) atoms. The summed E-state index contributed by atoms with van der Waals surface area (Å²) in [5, 5.41) is 11.1. The number of hydrogen-bond donors (Lipinski definition) is 1. The van der Waals surface area contributed by atoms with Crippen LogP contribution in [0.4, 0.5) is 10.5 Å². The van der Waals surface area contributed by atoms with Crippen LogP contribution in [0.15, 0.2) is 36.4 Å². The molecule has 1 aliphatic heterocycles. The lowest BCUT2D eigenvalue weighted by Crippen LogP contribution is -2.59. The van der Waals surface area contributed by atoms with Crippen LogP contribution in [-0.4, -0.2) is 18.6 Å². The van der Waals surface area contributed by atoms with Crippen molar-refractivity contribution in [1.29, 1.82) is 5.26 Å². The van der Waals surface area contributed by atoms with E-state index in [1.807, 2.05) is 30.3 Å². The van der Waals surface area contributed by atoms with Crippen LogP contribution in [0.3, 0.4) is 0 Å². The lowest BCUT2D eigenvalue weighted by atomic mass is 10.0. The van der Waals surface area contributed by atoms with Gasteiger partial charge in [-0.05, 0) is 19.1 Å². The molecule has 1 heterocycles. The van der Waals surface area contributed by atoms with Crippen LogP contribution in [0.2, 0.25) is 0 Å². The summed E-state index contributed by atoms with van der Waals surface area (Å²) in [6, 6.07) is 13.5. The summed E-state index contributed by atoms with van der Waals surface area (Å²) < 4.78 is 0.187. The van der Waals surface area contributed by atoms with Gasteiger partial charge in [-0.2, -0.15) is 5.26 Å². The third kappa shape index (κ3) is 1.82. The Morgan fingerprint density at radius 2 is 2.00 bits per heavy atom. The topological polar surface area (TPSA) is 66.9 Å². The number of hydrogen-bond acceptors (Lipinski definition) is 2. The highest BCUT2D eigenvalue weighted by Gasteiger charge is 2.47. The maximum atomic E-state index is 12.3. The molecule has 1 saturated heterocycles. The van der Waals surface area contributed by atoms with Crippen LogP contribution >= 0.6 is 0 Å². The van der Waals surface area contributed by atoms with Gasteiger partial charge in [-0.25, -0.2) is 9.28 Å². The second-order valence-corrected chi connectivity index (χ2v) is 5.71. The van der Waals surface area contributed by atoms with Crippen molar-refractivity contribution in [2.24, 2.45) is 5.73 Å². The lowest BCUT2D eigenvalue weighted by molar-refractivity contribution is 0.206. The number of urea groups is 1. The van der Waals surface area contributed by atoms with Crippen molar-refractivity contribution in [3.05, 3.63) is 42.0 Å². The predicted octanol–water partition coefficient (Wildman–Crippen LogP) is 3.28. The largest absolute Gasteiger partial charge is 0.419 e. The molecule has 2 aromatic carbocycles. The Morgan fingerprint density at radius 1 is 1.29 bits per heavy atom. The van der Waals surface area contributed by atoms with Crippen LogP contribution < -0.4 is 10.2 Å². The standard InChI is InChI=1S/C17H17N3O/c1-12-5-4-10-20(12,17(19)21)16-9-8-13(11-18)14-6-2-3-7-15(14)16/h2-3,6-9,12H,4-5,10H2,1H3,(H-,19,21)/p+1/t12-,20?/m1/s1. The predicted molar refractivity (Wildman–Crippen MR) is 83.6 cm³/mol. The lowest BCUT2D eigenvalue weighted by Gasteiger charge is -2.34. The number of amides is 2. The van der Waals surface area contributed by atoms with Crippen LogP contribution in [0.1, 0.15) is 25.3 Å². The third-order valence-electron chi connectivity index (χ3n) is 4.73. The van der Waals surface area contributed by atoms with Crippen molar-refractivity contribution in [2.75, 3.05) is 6.54 Å². The normalized spacial score (nSPS) is 24.9. The molecule has 0 saturated carbocycles. The minimum absolute atomic E-state index is 0.166. The molecular weight excluding hydrogens is 262 g/mol. The van der Waals surface area contributed by atoms with E-state index >= 15 is 0 Å². The van der Waals surface area contributed by atoms with Gasteiger partial charge >= 0.3 is 6.03 Å². The van der Waals surface area contributed by atoms with E-state index in [2.05, 4.69) is 13.0 Å². The Morgan fingerprint density at radius 3 is 2.57 bits per heavy atom. The molecular formula is C17H18N3O+. The number of fused-ring (bicyclic) bond motifs is 1. The summed E-state index contributed by atoms with van der Waals surface area (Å²) in [5.74, 6) is 0. The van der Waals surface area contributed by atoms with E-state index in [0.29, 0.717) is 5.56 Å². The number of primary amides is 1. The fourth-order valence-corrected chi connectivity index (χ4v) is 3.61. The Bertz CT molecular complexity index is 762. The molecule has 2 atom stereocenters. The molecule has 1 unspecified atom stereocenters. The van der Waals surface area contributed by atoms with Gasteiger partial charge in [-0.15, -0.1) is 0 Å². The molecule has 0 aromatic heterocycles. The average molecular weight is 280 g/mol. The van der Waals surface area contributed by atoms with E-state index in [4.69, 9.17) is 5.73 Å². The number of nitrogens with two attached hydrogens (primary N) is 1. The number of nitrogens with zero attached hydrogens (tertiary/aromatic N) is 2. The van der Waals surface area contributed by atoms with E-state index in [1.165, 1.54) is 0 Å². The zero-order valence-corrected chi connectivity index (χ0v) is 12.0. The number of rotatable bonds is 1. The van der Waals surface area contributed by atoms with Crippen LogP contribution in [0.5, 0.6) is 0 Å². The summed E-state index contributed by atoms with van der Waals surface area (Å²) >= 11 is 0.